The largest absolute Gasteiger partial charge is 0.316 e. The van der Waals surface area contributed by atoms with E-state index in [9.17, 15) is 0 Å². The fourth-order valence-corrected chi connectivity index (χ4v) is 1.14. The van der Waals surface area contributed by atoms with E-state index in [1.54, 1.807) is 0 Å². The summed E-state index contributed by atoms with van der Waals surface area (Å²) in [6, 6.07) is 0. The average molecular weight is 185 g/mol. The first-order chi connectivity index (χ1) is 5.84. The van der Waals surface area contributed by atoms with Crippen molar-refractivity contribution in [3.05, 3.63) is 0 Å². The maximum Gasteiger partial charge on any atom is -0.00258 e. The summed E-state index contributed by atoms with van der Waals surface area (Å²) in [6.45, 7) is 16.1. The quantitative estimate of drug-likeness (QED) is 0.648. The molecule has 0 amide bonds. The molecule has 0 heterocycles. The van der Waals surface area contributed by atoms with Crippen LogP contribution in [0.15, 0.2) is 0 Å². The van der Waals surface area contributed by atoms with Crippen molar-refractivity contribution in [2.24, 2.45) is 17.3 Å². The fraction of sp³-hybridized carbons (Fsp3) is 1.00. The van der Waals surface area contributed by atoms with Crippen molar-refractivity contribution in [1.29, 1.82) is 0 Å². The van der Waals surface area contributed by atoms with Crippen molar-refractivity contribution in [2.75, 3.05) is 13.1 Å². The highest BCUT2D eigenvalue weighted by Gasteiger charge is 2.18. The van der Waals surface area contributed by atoms with Crippen LogP contribution < -0.4 is 5.32 Å². The van der Waals surface area contributed by atoms with Gasteiger partial charge in [-0.05, 0) is 36.8 Å². The van der Waals surface area contributed by atoms with Crippen molar-refractivity contribution >= 4 is 0 Å². The fourth-order valence-electron chi connectivity index (χ4n) is 1.14. The predicted molar refractivity (Wildman–Crippen MR) is 60.9 cm³/mol. The molecule has 0 fully saturated rings. The topological polar surface area (TPSA) is 12.0 Å². The minimum absolute atomic E-state index is 0.458. The van der Waals surface area contributed by atoms with E-state index >= 15 is 0 Å². The summed E-state index contributed by atoms with van der Waals surface area (Å²) in [5, 5.41) is 3.49. The molecule has 0 aromatic heterocycles. The van der Waals surface area contributed by atoms with Crippen LogP contribution in [0.1, 0.15) is 48.0 Å². The van der Waals surface area contributed by atoms with Crippen LogP contribution in [-0.4, -0.2) is 13.1 Å². The van der Waals surface area contributed by atoms with E-state index in [0.717, 1.165) is 24.9 Å². The molecule has 0 rings (SSSR count). The lowest BCUT2D eigenvalue weighted by molar-refractivity contribution is 0.244. The first-order valence-electron chi connectivity index (χ1n) is 5.54. The maximum absolute atomic E-state index is 3.49. The molecule has 1 nitrogen and oxygen atoms in total. The first-order valence-corrected chi connectivity index (χ1v) is 5.54. The van der Waals surface area contributed by atoms with Crippen molar-refractivity contribution in [3.63, 3.8) is 0 Å². The van der Waals surface area contributed by atoms with E-state index in [0.29, 0.717) is 5.41 Å². The van der Waals surface area contributed by atoms with Crippen molar-refractivity contribution in [3.8, 4) is 0 Å². The van der Waals surface area contributed by atoms with Crippen LogP contribution in [0.5, 0.6) is 0 Å². The van der Waals surface area contributed by atoms with Gasteiger partial charge in [-0.3, -0.25) is 0 Å². The maximum atomic E-state index is 3.49. The Morgan fingerprint density at radius 1 is 1.08 bits per heavy atom. The summed E-state index contributed by atoms with van der Waals surface area (Å²) in [5.74, 6) is 1.57. The minimum atomic E-state index is 0.458. The Bertz CT molecular complexity index is 122. The molecule has 0 aliphatic rings. The zero-order valence-corrected chi connectivity index (χ0v) is 10.3. The number of hydrogen-bond acceptors (Lipinski definition) is 1. The zero-order chi connectivity index (χ0) is 10.5. The number of nitrogens with one attached hydrogen (secondary N) is 1. The Hall–Kier alpha value is -0.0400. The van der Waals surface area contributed by atoms with Gasteiger partial charge in [0.25, 0.3) is 0 Å². The highest BCUT2D eigenvalue weighted by atomic mass is 14.8. The van der Waals surface area contributed by atoms with E-state index in [1.807, 2.05) is 0 Å². The van der Waals surface area contributed by atoms with Gasteiger partial charge in [0.2, 0.25) is 0 Å². The summed E-state index contributed by atoms with van der Waals surface area (Å²) in [6.07, 6.45) is 1.29. The van der Waals surface area contributed by atoms with E-state index in [4.69, 9.17) is 0 Å². The lowest BCUT2D eigenvalue weighted by Gasteiger charge is -2.27. The normalized spacial score (nSPS) is 15.0. The lowest BCUT2D eigenvalue weighted by Crippen LogP contribution is -2.26. The van der Waals surface area contributed by atoms with E-state index < -0.39 is 0 Å². The molecule has 1 N–H and O–H groups in total. The highest BCUT2D eigenvalue weighted by molar-refractivity contribution is 4.70. The molecule has 0 aliphatic heterocycles. The van der Waals surface area contributed by atoms with Crippen molar-refractivity contribution in [1.82, 2.24) is 5.32 Å². The van der Waals surface area contributed by atoms with Crippen LogP contribution in [0.25, 0.3) is 0 Å². The smallest absolute Gasteiger partial charge is 0.00258 e. The standard InChI is InChI=1S/C12H27N/c1-10(2)9-13-8-7-11(3)12(4,5)6/h10-11,13H,7-9H2,1-6H3/t11-/m0/s1. The molecule has 0 saturated heterocycles. The average Bonchev–Trinajstić information content (AvgIpc) is 1.95. The van der Waals surface area contributed by atoms with E-state index in [1.165, 1.54) is 6.42 Å². The molecule has 1 heteroatoms. The molecule has 80 valence electrons. The van der Waals surface area contributed by atoms with Gasteiger partial charge in [0.1, 0.15) is 0 Å². The second-order valence-corrected chi connectivity index (χ2v) is 5.65. The van der Waals surface area contributed by atoms with Crippen LogP contribution >= 0.6 is 0 Å². The molecule has 0 radical (unpaired) electrons. The number of rotatable bonds is 5. The molecule has 0 unspecified atom stereocenters. The highest BCUT2D eigenvalue weighted by Crippen LogP contribution is 2.27. The molecular weight excluding hydrogens is 158 g/mol. The monoisotopic (exact) mass is 185 g/mol. The summed E-state index contributed by atoms with van der Waals surface area (Å²) >= 11 is 0. The van der Waals surface area contributed by atoms with Gasteiger partial charge in [-0.15, -0.1) is 0 Å². The van der Waals surface area contributed by atoms with Crippen molar-refractivity contribution < 1.29 is 0 Å². The van der Waals surface area contributed by atoms with Gasteiger partial charge >= 0.3 is 0 Å². The Balaban J connectivity index is 3.43. The Labute approximate surface area is 84.3 Å². The second kappa shape index (κ2) is 5.64. The van der Waals surface area contributed by atoms with Crippen LogP contribution in [0.4, 0.5) is 0 Å². The van der Waals surface area contributed by atoms with Gasteiger partial charge in [0.05, 0.1) is 0 Å². The molecule has 1 atom stereocenters. The van der Waals surface area contributed by atoms with Gasteiger partial charge in [0, 0.05) is 0 Å². The summed E-state index contributed by atoms with van der Waals surface area (Å²) in [7, 11) is 0. The van der Waals surface area contributed by atoms with E-state index in [-0.39, 0.29) is 0 Å². The number of hydrogen-bond donors (Lipinski definition) is 1. The third-order valence-corrected chi connectivity index (χ3v) is 2.79. The molecule has 13 heavy (non-hydrogen) atoms. The summed E-state index contributed by atoms with van der Waals surface area (Å²) in [5.41, 5.74) is 0.458. The Kier molecular flexibility index (Phi) is 5.62. The molecular formula is C12H27N. The van der Waals surface area contributed by atoms with Crippen molar-refractivity contribution in [2.45, 2.75) is 48.0 Å². The Morgan fingerprint density at radius 2 is 1.62 bits per heavy atom. The van der Waals surface area contributed by atoms with E-state index in [2.05, 4.69) is 46.9 Å². The molecule has 0 bridgehead atoms. The predicted octanol–water partition coefficient (Wildman–Crippen LogP) is 3.30. The van der Waals surface area contributed by atoms with Crippen LogP contribution in [0, 0.1) is 17.3 Å². The van der Waals surface area contributed by atoms with Gasteiger partial charge in [-0.1, -0.05) is 41.5 Å². The molecule has 0 aromatic rings. The van der Waals surface area contributed by atoms with Gasteiger partial charge < -0.3 is 5.32 Å². The third-order valence-electron chi connectivity index (χ3n) is 2.79. The molecule has 0 aromatic carbocycles. The Morgan fingerprint density at radius 3 is 2.00 bits per heavy atom. The minimum Gasteiger partial charge on any atom is -0.316 e. The van der Waals surface area contributed by atoms with Crippen LogP contribution in [0.3, 0.4) is 0 Å². The zero-order valence-electron chi connectivity index (χ0n) is 10.3. The third kappa shape index (κ3) is 7.06. The van der Waals surface area contributed by atoms with Gasteiger partial charge in [-0.2, -0.15) is 0 Å². The second-order valence-electron chi connectivity index (χ2n) is 5.65. The molecule has 0 saturated carbocycles. The molecule has 0 aliphatic carbocycles. The first kappa shape index (κ1) is 13.0. The lowest BCUT2D eigenvalue weighted by atomic mass is 9.80. The SMILES string of the molecule is CC(C)CNCC[C@H](C)C(C)(C)C. The van der Waals surface area contributed by atoms with Crippen LogP contribution in [-0.2, 0) is 0 Å². The van der Waals surface area contributed by atoms with Gasteiger partial charge in [0.15, 0.2) is 0 Å². The summed E-state index contributed by atoms with van der Waals surface area (Å²) < 4.78 is 0. The molecule has 0 spiro atoms. The van der Waals surface area contributed by atoms with Gasteiger partial charge in [-0.25, -0.2) is 0 Å². The summed E-state index contributed by atoms with van der Waals surface area (Å²) in [4.78, 5) is 0. The van der Waals surface area contributed by atoms with Crippen LogP contribution in [0.2, 0.25) is 0 Å².